The summed E-state index contributed by atoms with van der Waals surface area (Å²) in [7, 11) is 0. The van der Waals surface area contributed by atoms with Gasteiger partial charge in [0, 0.05) is 25.0 Å². The number of carbonyl (C=O) groups excluding carboxylic acids is 2. The summed E-state index contributed by atoms with van der Waals surface area (Å²) in [6, 6.07) is 12.1. The first-order valence-corrected chi connectivity index (χ1v) is 9.99. The molecular formula is C23H32N2O3. The normalized spacial score (nSPS) is 12.1. The summed E-state index contributed by atoms with van der Waals surface area (Å²) in [6.45, 7) is 9.94. The van der Waals surface area contributed by atoms with E-state index in [4.69, 9.17) is 4.42 Å². The second-order valence-corrected chi connectivity index (χ2v) is 7.66. The van der Waals surface area contributed by atoms with Gasteiger partial charge in [-0.25, -0.2) is 0 Å². The number of hydrogen-bond acceptors (Lipinski definition) is 3. The molecule has 1 atom stereocenters. The number of furan rings is 1. The monoisotopic (exact) mass is 384 g/mol. The van der Waals surface area contributed by atoms with Crippen LogP contribution in [0.3, 0.4) is 0 Å². The van der Waals surface area contributed by atoms with Gasteiger partial charge in [0.15, 0.2) is 0 Å². The molecule has 1 aromatic heterocycles. The van der Waals surface area contributed by atoms with Crippen LogP contribution in [0.25, 0.3) is 0 Å². The zero-order valence-corrected chi connectivity index (χ0v) is 17.6. The third-order valence-electron chi connectivity index (χ3n) is 4.85. The van der Waals surface area contributed by atoms with Gasteiger partial charge in [-0.2, -0.15) is 0 Å². The van der Waals surface area contributed by atoms with Crippen molar-refractivity contribution in [3.8, 4) is 0 Å². The molecule has 152 valence electrons. The summed E-state index contributed by atoms with van der Waals surface area (Å²) in [4.78, 5) is 26.9. The predicted molar refractivity (Wildman–Crippen MR) is 111 cm³/mol. The van der Waals surface area contributed by atoms with Crippen molar-refractivity contribution in [2.45, 2.75) is 66.0 Å². The van der Waals surface area contributed by atoms with E-state index in [0.717, 1.165) is 18.6 Å². The van der Waals surface area contributed by atoms with E-state index in [1.165, 1.54) is 5.56 Å². The highest BCUT2D eigenvalue weighted by Crippen LogP contribution is 2.17. The average Bonchev–Trinajstić information content (AvgIpc) is 2.98. The maximum absolute atomic E-state index is 12.8. The summed E-state index contributed by atoms with van der Waals surface area (Å²) < 4.78 is 5.48. The van der Waals surface area contributed by atoms with E-state index in [9.17, 15) is 9.59 Å². The Morgan fingerprint density at radius 1 is 1.11 bits per heavy atom. The lowest BCUT2D eigenvalue weighted by Crippen LogP contribution is -2.41. The fourth-order valence-corrected chi connectivity index (χ4v) is 3.26. The molecule has 0 aliphatic rings. The molecule has 1 N–H and O–H groups in total. The molecule has 0 fully saturated rings. The molecule has 0 aliphatic heterocycles. The molecule has 2 rings (SSSR count). The fraction of sp³-hybridized carbons (Fsp3) is 0.478. The molecule has 28 heavy (non-hydrogen) atoms. The van der Waals surface area contributed by atoms with Crippen LogP contribution in [-0.2, 0) is 11.2 Å². The van der Waals surface area contributed by atoms with Gasteiger partial charge in [-0.1, -0.05) is 30.3 Å². The van der Waals surface area contributed by atoms with Gasteiger partial charge in [-0.05, 0) is 59.1 Å². The van der Waals surface area contributed by atoms with Crippen molar-refractivity contribution in [3.63, 3.8) is 0 Å². The first-order valence-electron chi connectivity index (χ1n) is 9.99. The molecule has 1 aromatic carbocycles. The van der Waals surface area contributed by atoms with E-state index < -0.39 is 0 Å². The van der Waals surface area contributed by atoms with Crippen molar-refractivity contribution >= 4 is 11.8 Å². The fourth-order valence-electron chi connectivity index (χ4n) is 3.26. The molecular weight excluding hydrogens is 352 g/mol. The minimum absolute atomic E-state index is 0.00501. The smallest absolute Gasteiger partial charge is 0.257 e. The van der Waals surface area contributed by atoms with Crippen molar-refractivity contribution in [2.75, 3.05) is 6.54 Å². The van der Waals surface area contributed by atoms with Crippen LogP contribution in [0.1, 0.15) is 61.1 Å². The summed E-state index contributed by atoms with van der Waals surface area (Å²) in [6.07, 6.45) is 2.10. The van der Waals surface area contributed by atoms with Gasteiger partial charge in [0.2, 0.25) is 5.91 Å². The molecule has 0 aliphatic carbocycles. The topological polar surface area (TPSA) is 62.6 Å². The summed E-state index contributed by atoms with van der Waals surface area (Å²) in [5.41, 5.74) is 1.84. The molecule has 0 spiro atoms. The Balaban J connectivity index is 1.84. The highest BCUT2D eigenvalue weighted by molar-refractivity contribution is 5.95. The van der Waals surface area contributed by atoms with Crippen LogP contribution in [0.4, 0.5) is 0 Å². The van der Waals surface area contributed by atoms with E-state index in [2.05, 4.69) is 17.4 Å². The molecule has 5 heteroatoms. The van der Waals surface area contributed by atoms with Crippen molar-refractivity contribution in [3.05, 3.63) is 59.0 Å². The molecule has 2 aromatic rings. The van der Waals surface area contributed by atoms with E-state index in [0.29, 0.717) is 17.9 Å². The van der Waals surface area contributed by atoms with Gasteiger partial charge in [0.05, 0.1) is 5.56 Å². The summed E-state index contributed by atoms with van der Waals surface area (Å²) >= 11 is 0. The Kier molecular flexibility index (Phi) is 7.85. The maximum atomic E-state index is 12.8. The second kappa shape index (κ2) is 10.1. The Hall–Kier alpha value is -2.56. The number of benzene rings is 1. The number of nitrogens with zero attached hydrogens (tertiary/aromatic N) is 1. The van der Waals surface area contributed by atoms with Crippen molar-refractivity contribution < 1.29 is 14.0 Å². The van der Waals surface area contributed by atoms with Gasteiger partial charge < -0.3 is 14.6 Å². The number of aryl methyl sites for hydroxylation is 3. The Morgan fingerprint density at radius 2 is 1.79 bits per heavy atom. The molecule has 5 nitrogen and oxygen atoms in total. The molecule has 1 unspecified atom stereocenters. The lowest BCUT2D eigenvalue weighted by Gasteiger charge is -2.26. The van der Waals surface area contributed by atoms with Crippen LogP contribution >= 0.6 is 0 Å². The van der Waals surface area contributed by atoms with Crippen LogP contribution in [0.5, 0.6) is 0 Å². The van der Waals surface area contributed by atoms with Crippen LogP contribution in [-0.4, -0.2) is 35.3 Å². The predicted octanol–water partition coefficient (Wildman–Crippen LogP) is 4.27. The van der Waals surface area contributed by atoms with Crippen molar-refractivity contribution in [2.24, 2.45) is 0 Å². The van der Waals surface area contributed by atoms with Gasteiger partial charge in [0.1, 0.15) is 11.5 Å². The van der Waals surface area contributed by atoms with Crippen LogP contribution in [0.15, 0.2) is 40.8 Å². The van der Waals surface area contributed by atoms with Gasteiger partial charge in [-0.3, -0.25) is 9.59 Å². The molecule has 0 radical (unpaired) electrons. The second-order valence-electron chi connectivity index (χ2n) is 7.66. The maximum Gasteiger partial charge on any atom is 0.257 e. The Bertz CT molecular complexity index is 780. The van der Waals surface area contributed by atoms with E-state index in [-0.39, 0.29) is 30.3 Å². The number of amides is 2. The minimum Gasteiger partial charge on any atom is -0.466 e. The van der Waals surface area contributed by atoms with Crippen molar-refractivity contribution in [1.29, 1.82) is 0 Å². The van der Waals surface area contributed by atoms with Crippen LogP contribution in [0.2, 0.25) is 0 Å². The lowest BCUT2D eigenvalue weighted by atomic mass is 10.1. The van der Waals surface area contributed by atoms with Gasteiger partial charge in [-0.15, -0.1) is 0 Å². The number of nitrogens with one attached hydrogen (secondary N) is 1. The van der Waals surface area contributed by atoms with Crippen molar-refractivity contribution in [1.82, 2.24) is 10.2 Å². The van der Waals surface area contributed by atoms with Crippen LogP contribution < -0.4 is 5.32 Å². The summed E-state index contributed by atoms with van der Waals surface area (Å²) in [5.74, 6) is 1.22. The third-order valence-corrected chi connectivity index (χ3v) is 4.85. The van der Waals surface area contributed by atoms with E-state index in [1.54, 1.807) is 17.9 Å². The minimum atomic E-state index is -0.0886. The average molecular weight is 385 g/mol. The first kappa shape index (κ1) is 21.7. The van der Waals surface area contributed by atoms with Crippen LogP contribution in [0, 0.1) is 13.8 Å². The van der Waals surface area contributed by atoms with Gasteiger partial charge >= 0.3 is 0 Å². The highest BCUT2D eigenvalue weighted by Gasteiger charge is 2.23. The molecule has 2 amide bonds. The zero-order chi connectivity index (χ0) is 20.7. The van der Waals surface area contributed by atoms with Gasteiger partial charge in [0.25, 0.3) is 5.91 Å². The molecule has 0 saturated heterocycles. The Labute approximate surface area is 168 Å². The largest absolute Gasteiger partial charge is 0.466 e. The number of carbonyl (C=O) groups is 2. The SMILES string of the molecule is Cc1cc(C(=O)N(CCC(=O)NC(C)CCc2ccccc2)C(C)C)c(C)o1. The summed E-state index contributed by atoms with van der Waals surface area (Å²) in [5, 5.41) is 3.04. The molecule has 0 saturated carbocycles. The molecule has 0 bridgehead atoms. The molecule has 1 heterocycles. The zero-order valence-electron chi connectivity index (χ0n) is 17.6. The quantitative estimate of drug-likeness (QED) is 0.702. The van der Waals surface area contributed by atoms with E-state index in [1.807, 2.05) is 45.9 Å². The standard InChI is InChI=1S/C23H32N2O3/c1-16(2)25(23(27)21-15-18(4)28-19(21)5)14-13-22(26)24-17(3)11-12-20-9-7-6-8-10-20/h6-10,15-17H,11-14H2,1-5H3,(H,24,26). The first-order chi connectivity index (χ1) is 13.3. The number of hydrogen-bond donors (Lipinski definition) is 1. The number of rotatable bonds is 9. The highest BCUT2D eigenvalue weighted by atomic mass is 16.3. The lowest BCUT2D eigenvalue weighted by molar-refractivity contribution is -0.122. The van der Waals surface area contributed by atoms with E-state index >= 15 is 0 Å². The Morgan fingerprint density at radius 3 is 2.36 bits per heavy atom. The third kappa shape index (κ3) is 6.25.